The van der Waals surface area contributed by atoms with Crippen LogP contribution in [-0.4, -0.2) is 0 Å². The fourth-order valence-electron chi connectivity index (χ4n) is 5.29. The van der Waals surface area contributed by atoms with Gasteiger partial charge < -0.3 is 5.32 Å². The third-order valence-electron chi connectivity index (χ3n) is 6.51. The van der Waals surface area contributed by atoms with E-state index in [4.69, 9.17) is 23.2 Å². The van der Waals surface area contributed by atoms with Gasteiger partial charge >= 0.3 is 0 Å². The molecule has 142 valence electrons. The predicted molar refractivity (Wildman–Crippen MR) is 124 cm³/mol. The zero-order chi connectivity index (χ0) is 19.5. The molecular weight excluding hydrogens is 397 g/mol. The number of hydrogen-bond donors (Lipinski definition) is 1. The van der Waals surface area contributed by atoms with Gasteiger partial charge in [-0.25, -0.2) is 0 Å². The van der Waals surface area contributed by atoms with Crippen LogP contribution in [-0.2, 0) is 0 Å². The fraction of sp³-hybridized carbons (Fsp3) is 0.154. The number of benzene rings is 4. The Labute approximate surface area is 179 Å². The van der Waals surface area contributed by atoms with E-state index in [1.54, 1.807) is 0 Å². The lowest BCUT2D eigenvalue weighted by Gasteiger charge is -2.39. The van der Waals surface area contributed by atoms with Gasteiger partial charge in [-0.15, -0.1) is 0 Å². The molecule has 0 amide bonds. The normalized spacial score (nSPS) is 22.5. The molecule has 6 rings (SSSR count). The van der Waals surface area contributed by atoms with Crippen LogP contribution in [0.5, 0.6) is 0 Å². The van der Waals surface area contributed by atoms with Gasteiger partial charge in [-0.3, -0.25) is 0 Å². The quantitative estimate of drug-likeness (QED) is 0.244. The smallest absolute Gasteiger partial charge is 0.0655 e. The minimum atomic E-state index is 0.178. The molecular formula is C26H19Cl2N. The van der Waals surface area contributed by atoms with Crippen molar-refractivity contribution >= 4 is 50.4 Å². The van der Waals surface area contributed by atoms with E-state index >= 15 is 0 Å². The molecule has 2 aliphatic rings. The van der Waals surface area contributed by atoms with Gasteiger partial charge in [0, 0.05) is 10.9 Å². The molecule has 1 nitrogen and oxygen atoms in total. The molecule has 0 saturated heterocycles. The van der Waals surface area contributed by atoms with Crippen LogP contribution in [0.15, 0.2) is 78.9 Å². The molecule has 0 bridgehead atoms. The Hall–Kier alpha value is -2.48. The highest BCUT2D eigenvalue weighted by atomic mass is 35.5. The molecule has 1 aliphatic carbocycles. The van der Waals surface area contributed by atoms with E-state index in [2.05, 4.69) is 78.1 Å². The number of allylic oxidation sites excluding steroid dienone is 2. The van der Waals surface area contributed by atoms with E-state index in [1.165, 1.54) is 32.7 Å². The Morgan fingerprint density at radius 2 is 1.52 bits per heavy atom. The summed E-state index contributed by atoms with van der Waals surface area (Å²) in [5, 5.41) is 10.4. The molecule has 4 aromatic carbocycles. The summed E-state index contributed by atoms with van der Waals surface area (Å²) in [6.07, 6.45) is 5.68. The number of halogens is 2. The molecule has 1 aliphatic heterocycles. The van der Waals surface area contributed by atoms with Crippen LogP contribution < -0.4 is 5.32 Å². The van der Waals surface area contributed by atoms with Gasteiger partial charge in [-0.05, 0) is 63.2 Å². The Kier molecular flexibility index (Phi) is 3.91. The second-order valence-electron chi connectivity index (χ2n) is 8.06. The highest BCUT2D eigenvalue weighted by Gasteiger charge is 2.40. The molecule has 0 spiro atoms. The number of fused-ring (bicyclic) bond motifs is 5. The van der Waals surface area contributed by atoms with Gasteiger partial charge in [-0.2, -0.15) is 0 Å². The lowest BCUT2D eigenvalue weighted by atomic mass is 9.75. The molecule has 4 aromatic rings. The van der Waals surface area contributed by atoms with Gasteiger partial charge in [0.15, 0.2) is 0 Å². The highest BCUT2D eigenvalue weighted by Crippen LogP contribution is 2.54. The zero-order valence-electron chi connectivity index (χ0n) is 15.7. The van der Waals surface area contributed by atoms with Crippen LogP contribution in [0.25, 0.3) is 21.5 Å². The van der Waals surface area contributed by atoms with E-state index in [0.29, 0.717) is 21.9 Å². The monoisotopic (exact) mass is 415 g/mol. The molecule has 0 fully saturated rings. The van der Waals surface area contributed by atoms with Crippen LogP contribution >= 0.6 is 23.2 Å². The first kappa shape index (κ1) is 17.4. The van der Waals surface area contributed by atoms with Crippen molar-refractivity contribution in [1.29, 1.82) is 0 Å². The molecule has 1 heterocycles. The zero-order valence-corrected chi connectivity index (χ0v) is 17.2. The first-order chi connectivity index (χ1) is 14.2. The van der Waals surface area contributed by atoms with Gasteiger partial charge in [0.05, 0.1) is 16.8 Å². The van der Waals surface area contributed by atoms with Crippen molar-refractivity contribution in [3.63, 3.8) is 0 Å². The van der Waals surface area contributed by atoms with Crippen molar-refractivity contribution in [3.8, 4) is 0 Å². The first-order valence-electron chi connectivity index (χ1n) is 10.0. The SMILES string of the molecule is Clc1cc(Cl)c2c(c1)C1C=CCC1C(c1c3ccccc3cc3ccccc13)N2. The summed E-state index contributed by atoms with van der Waals surface area (Å²) in [6.45, 7) is 0. The third-order valence-corrected chi connectivity index (χ3v) is 7.03. The first-order valence-corrected chi connectivity index (χ1v) is 10.8. The van der Waals surface area contributed by atoms with Crippen molar-refractivity contribution in [2.45, 2.75) is 18.4 Å². The summed E-state index contributed by atoms with van der Waals surface area (Å²) in [5.74, 6) is 0.761. The number of hydrogen-bond acceptors (Lipinski definition) is 1. The highest BCUT2D eigenvalue weighted by molar-refractivity contribution is 6.36. The molecule has 29 heavy (non-hydrogen) atoms. The summed E-state index contributed by atoms with van der Waals surface area (Å²) in [4.78, 5) is 0. The van der Waals surface area contributed by atoms with Gasteiger partial charge in [0.2, 0.25) is 0 Å². The topological polar surface area (TPSA) is 12.0 Å². The molecule has 0 saturated carbocycles. The Morgan fingerprint density at radius 1 is 0.828 bits per heavy atom. The standard InChI is InChI=1S/C26H19Cl2N/c27-17-13-22-20-10-5-11-21(20)26(29-25(22)23(28)14-17)24-18-8-3-1-6-15(18)12-16-7-2-4-9-19(16)24/h1-10,12-14,20-21,26,29H,11H2. The summed E-state index contributed by atoms with van der Waals surface area (Å²) in [7, 11) is 0. The Morgan fingerprint density at radius 3 is 2.24 bits per heavy atom. The van der Waals surface area contributed by atoms with Crippen molar-refractivity contribution in [3.05, 3.63) is 100 Å². The predicted octanol–water partition coefficient (Wildman–Crippen LogP) is 8.13. The van der Waals surface area contributed by atoms with Crippen LogP contribution in [0.1, 0.15) is 29.5 Å². The van der Waals surface area contributed by atoms with Crippen LogP contribution in [0.3, 0.4) is 0 Å². The molecule has 3 heteroatoms. The van der Waals surface area contributed by atoms with Crippen molar-refractivity contribution in [1.82, 2.24) is 0 Å². The summed E-state index contributed by atoms with van der Waals surface area (Å²) < 4.78 is 0. The van der Waals surface area contributed by atoms with Crippen LogP contribution in [0.4, 0.5) is 5.69 Å². The molecule has 3 atom stereocenters. The van der Waals surface area contributed by atoms with Crippen LogP contribution in [0.2, 0.25) is 10.0 Å². The summed E-state index contributed by atoms with van der Waals surface area (Å²) >= 11 is 13.0. The minimum Gasteiger partial charge on any atom is -0.376 e. The van der Waals surface area contributed by atoms with E-state index in [1.807, 2.05) is 6.07 Å². The lowest BCUT2D eigenvalue weighted by molar-refractivity contribution is 0.429. The van der Waals surface area contributed by atoms with E-state index < -0.39 is 0 Å². The molecule has 1 N–H and O–H groups in total. The second kappa shape index (κ2) is 6.52. The Bertz CT molecular complexity index is 1250. The van der Waals surface area contributed by atoms with Crippen molar-refractivity contribution in [2.24, 2.45) is 5.92 Å². The second-order valence-corrected chi connectivity index (χ2v) is 8.90. The largest absolute Gasteiger partial charge is 0.376 e. The third kappa shape index (κ3) is 2.61. The molecule has 3 unspecified atom stereocenters. The summed E-state index contributed by atoms with van der Waals surface area (Å²) in [5.41, 5.74) is 3.60. The number of rotatable bonds is 1. The fourth-order valence-corrected chi connectivity index (χ4v) is 5.85. The maximum Gasteiger partial charge on any atom is 0.0655 e. The van der Waals surface area contributed by atoms with Gasteiger partial charge in [0.1, 0.15) is 0 Å². The van der Waals surface area contributed by atoms with E-state index in [9.17, 15) is 0 Å². The van der Waals surface area contributed by atoms with Crippen LogP contribution in [0, 0.1) is 5.92 Å². The van der Waals surface area contributed by atoms with Crippen molar-refractivity contribution in [2.75, 3.05) is 5.32 Å². The van der Waals surface area contributed by atoms with Gasteiger partial charge in [-0.1, -0.05) is 83.9 Å². The van der Waals surface area contributed by atoms with Gasteiger partial charge in [0.25, 0.3) is 0 Å². The Balaban J connectivity index is 1.65. The molecule has 0 radical (unpaired) electrons. The van der Waals surface area contributed by atoms with Crippen molar-refractivity contribution < 1.29 is 0 Å². The number of anilines is 1. The molecule has 0 aromatic heterocycles. The maximum absolute atomic E-state index is 6.66. The minimum absolute atomic E-state index is 0.178. The summed E-state index contributed by atoms with van der Waals surface area (Å²) in [6, 6.07) is 23.8. The maximum atomic E-state index is 6.66. The van der Waals surface area contributed by atoms with E-state index in [0.717, 1.165) is 12.1 Å². The lowest BCUT2D eigenvalue weighted by Crippen LogP contribution is -2.29. The number of nitrogens with one attached hydrogen (secondary N) is 1. The average Bonchev–Trinajstić information content (AvgIpc) is 3.22. The van der Waals surface area contributed by atoms with E-state index in [-0.39, 0.29) is 6.04 Å². The average molecular weight is 416 g/mol.